The zero-order valence-corrected chi connectivity index (χ0v) is 17.9. The minimum Gasteiger partial charge on any atom is -0.507 e. The SMILES string of the molecule is COc1c(Cl)cc(C)cc1/C(O)=C1\C(=O)C(=O)N(c2cccc(F)c2)C1c1ccncc1. The maximum absolute atomic E-state index is 14.0. The van der Waals surface area contributed by atoms with E-state index >= 15 is 0 Å². The quantitative estimate of drug-likeness (QED) is 0.349. The zero-order chi connectivity index (χ0) is 23.0. The van der Waals surface area contributed by atoms with Crippen LogP contribution in [-0.2, 0) is 9.59 Å². The normalized spacial score (nSPS) is 17.6. The van der Waals surface area contributed by atoms with E-state index in [2.05, 4.69) is 4.98 Å². The number of benzene rings is 2. The Morgan fingerprint density at radius 2 is 1.88 bits per heavy atom. The number of ether oxygens (including phenoxy) is 1. The molecule has 1 aromatic heterocycles. The van der Waals surface area contributed by atoms with Crippen molar-refractivity contribution in [2.24, 2.45) is 0 Å². The van der Waals surface area contributed by atoms with Gasteiger partial charge < -0.3 is 9.84 Å². The predicted molar refractivity (Wildman–Crippen MR) is 118 cm³/mol. The molecule has 0 radical (unpaired) electrons. The average Bonchev–Trinajstić information content (AvgIpc) is 3.04. The van der Waals surface area contributed by atoms with Gasteiger partial charge in [0.2, 0.25) is 0 Å². The van der Waals surface area contributed by atoms with E-state index in [9.17, 15) is 19.1 Å². The molecule has 1 amide bonds. The van der Waals surface area contributed by atoms with E-state index in [1.807, 2.05) is 0 Å². The van der Waals surface area contributed by atoms with E-state index in [1.165, 1.54) is 37.7 Å². The number of carbonyl (C=O) groups excluding carboxylic acids is 2. The van der Waals surface area contributed by atoms with Crippen molar-refractivity contribution in [3.63, 3.8) is 0 Å². The summed E-state index contributed by atoms with van der Waals surface area (Å²) in [5.41, 5.74) is 1.43. The number of methoxy groups -OCH3 is 1. The number of carbonyl (C=O) groups is 2. The lowest BCUT2D eigenvalue weighted by Crippen LogP contribution is -2.29. The smallest absolute Gasteiger partial charge is 0.300 e. The number of amides is 1. The van der Waals surface area contributed by atoms with Crippen LogP contribution in [0.4, 0.5) is 10.1 Å². The van der Waals surface area contributed by atoms with Gasteiger partial charge in [0.25, 0.3) is 11.7 Å². The Bertz CT molecular complexity index is 1260. The average molecular weight is 453 g/mol. The number of halogens is 2. The summed E-state index contributed by atoms with van der Waals surface area (Å²) in [6.45, 7) is 1.77. The van der Waals surface area contributed by atoms with E-state index in [-0.39, 0.29) is 27.6 Å². The number of hydrogen-bond acceptors (Lipinski definition) is 5. The second-order valence-electron chi connectivity index (χ2n) is 7.26. The fraction of sp³-hybridized carbons (Fsp3) is 0.125. The molecule has 8 heteroatoms. The Morgan fingerprint density at radius 1 is 1.16 bits per heavy atom. The van der Waals surface area contributed by atoms with Crippen molar-refractivity contribution in [1.82, 2.24) is 4.98 Å². The molecule has 1 aliphatic heterocycles. The van der Waals surface area contributed by atoms with Gasteiger partial charge in [-0.1, -0.05) is 17.7 Å². The maximum Gasteiger partial charge on any atom is 0.300 e. The molecule has 1 fully saturated rings. The molecular formula is C24H18ClFN2O4. The Morgan fingerprint density at radius 3 is 2.53 bits per heavy atom. The van der Waals surface area contributed by atoms with Gasteiger partial charge in [-0.25, -0.2) is 4.39 Å². The molecule has 1 atom stereocenters. The first kappa shape index (κ1) is 21.5. The third-order valence-corrected chi connectivity index (χ3v) is 5.48. The molecule has 0 spiro atoms. The van der Waals surface area contributed by atoms with Gasteiger partial charge >= 0.3 is 0 Å². The summed E-state index contributed by atoms with van der Waals surface area (Å²) < 4.78 is 19.3. The molecule has 1 aliphatic rings. The molecule has 1 unspecified atom stereocenters. The van der Waals surface area contributed by atoms with Gasteiger partial charge in [0, 0.05) is 18.1 Å². The Kier molecular flexibility index (Phi) is 5.67. The van der Waals surface area contributed by atoms with E-state index in [1.54, 1.807) is 31.2 Å². The third kappa shape index (κ3) is 3.61. The van der Waals surface area contributed by atoms with Gasteiger partial charge in [-0.15, -0.1) is 0 Å². The van der Waals surface area contributed by atoms with Crippen LogP contribution in [0.3, 0.4) is 0 Å². The lowest BCUT2D eigenvalue weighted by molar-refractivity contribution is -0.132. The fourth-order valence-electron chi connectivity index (χ4n) is 3.84. The van der Waals surface area contributed by atoms with E-state index < -0.39 is 29.3 Å². The number of aryl methyl sites for hydroxylation is 1. The van der Waals surface area contributed by atoms with Gasteiger partial charge in [-0.3, -0.25) is 19.5 Å². The van der Waals surface area contributed by atoms with Crippen molar-refractivity contribution in [2.75, 3.05) is 12.0 Å². The number of rotatable bonds is 4. The van der Waals surface area contributed by atoms with Crippen molar-refractivity contribution >= 4 is 34.7 Å². The molecule has 2 aromatic carbocycles. The number of pyridine rings is 1. The number of nitrogens with zero attached hydrogens (tertiary/aromatic N) is 2. The van der Waals surface area contributed by atoms with Crippen molar-refractivity contribution in [1.29, 1.82) is 0 Å². The lowest BCUT2D eigenvalue weighted by atomic mass is 9.95. The zero-order valence-electron chi connectivity index (χ0n) is 17.2. The highest BCUT2D eigenvalue weighted by atomic mass is 35.5. The van der Waals surface area contributed by atoms with Gasteiger partial charge in [-0.2, -0.15) is 0 Å². The Balaban J connectivity index is 2.01. The van der Waals surface area contributed by atoms with Crippen LogP contribution < -0.4 is 9.64 Å². The standard InChI is InChI=1S/C24H18ClFN2O4/c1-13-10-17(23(32-2)18(25)11-13)21(29)19-20(14-6-8-27-9-7-14)28(24(31)22(19)30)16-5-3-4-15(26)12-16/h3-12,20,29H,1-2H3/b21-19+. The molecule has 0 saturated carbocycles. The van der Waals surface area contributed by atoms with Crippen LogP contribution in [0.2, 0.25) is 5.02 Å². The summed E-state index contributed by atoms with van der Waals surface area (Å²) in [5.74, 6) is -2.64. The molecule has 6 nitrogen and oxygen atoms in total. The molecular weight excluding hydrogens is 435 g/mol. The molecule has 4 rings (SSSR count). The number of hydrogen-bond donors (Lipinski definition) is 1. The number of anilines is 1. The van der Waals surface area contributed by atoms with Crippen LogP contribution in [0.25, 0.3) is 5.76 Å². The third-order valence-electron chi connectivity index (χ3n) is 5.20. The summed E-state index contributed by atoms with van der Waals surface area (Å²) in [6.07, 6.45) is 3.01. The molecule has 162 valence electrons. The lowest BCUT2D eigenvalue weighted by Gasteiger charge is -2.25. The van der Waals surface area contributed by atoms with Crippen LogP contribution in [0.5, 0.6) is 5.75 Å². The Hall–Kier alpha value is -3.71. The Labute approximate surface area is 188 Å². The van der Waals surface area contributed by atoms with Gasteiger partial charge in [0.05, 0.1) is 29.3 Å². The van der Waals surface area contributed by atoms with Gasteiger partial charge in [-0.05, 0) is 60.5 Å². The fourth-order valence-corrected chi connectivity index (χ4v) is 4.19. The van der Waals surface area contributed by atoms with Crippen LogP contribution in [0.15, 0.2) is 66.5 Å². The van der Waals surface area contributed by atoms with Crippen LogP contribution in [0.1, 0.15) is 22.7 Å². The van der Waals surface area contributed by atoms with Crippen molar-refractivity contribution in [2.45, 2.75) is 13.0 Å². The monoisotopic (exact) mass is 452 g/mol. The number of aliphatic hydroxyl groups excluding tert-OH is 1. The van der Waals surface area contributed by atoms with E-state index in [0.717, 1.165) is 16.5 Å². The molecule has 3 aromatic rings. The number of Topliss-reactive ketones (excluding diaryl/α,β-unsaturated/α-hetero) is 1. The predicted octanol–water partition coefficient (Wildman–Crippen LogP) is 4.82. The first-order valence-corrected chi connectivity index (χ1v) is 10.0. The maximum atomic E-state index is 14.0. The highest BCUT2D eigenvalue weighted by Gasteiger charge is 2.47. The summed E-state index contributed by atoms with van der Waals surface area (Å²) >= 11 is 6.28. The molecule has 2 heterocycles. The second-order valence-corrected chi connectivity index (χ2v) is 7.66. The molecule has 0 aliphatic carbocycles. The minimum absolute atomic E-state index is 0.162. The molecule has 1 N–H and O–H groups in total. The second kappa shape index (κ2) is 8.43. The van der Waals surface area contributed by atoms with Crippen LogP contribution >= 0.6 is 11.6 Å². The first-order chi connectivity index (χ1) is 15.3. The number of aliphatic hydroxyl groups is 1. The first-order valence-electron chi connectivity index (χ1n) is 9.64. The number of ketones is 1. The summed E-state index contributed by atoms with van der Waals surface area (Å²) in [4.78, 5) is 31.4. The summed E-state index contributed by atoms with van der Waals surface area (Å²) in [7, 11) is 1.39. The highest BCUT2D eigenvalue weighted by molar-refractivity contribution is 6.51. The van der Waals surface area contributed by atoms with Crippen molar-refractivity contribution < 1.29 is 23.8 Å². The largest absolute Gasteiger partial charge is 0.507 e. The topological polar surface area (TPSA) is 79.7 Å². The van der Waals surface area contributed by atoms with Crippen LogP contribution in [-0.4, -0.2) is 28.9 Å². The van der Waals surface area contributed by atoms with Gasteiger partial charge in [0.15, 0.2) is 0 Å². The molecule has 32 heavy (non-hydrogen) atoms. The summed E-state index contributed by atoms with van der Waals surface area (Å²) in [5, 5.41) is 11.5. The minimum atomic E-state index is -1.01. The van der Waals surface area contributed by atoms with Crippen LogP contribution in [0, 0.1) is 12.7 Å². The van der Waals surface area contributed by atoms with Crippen molar-refractivity contribution in [3.8, 4) is 5.75 Å². The van der Waals surface area contributed by atoms with Gasteiger partial charge in [0.1, 0.15) is 17.3 Å². The molecule has 1 saturated heterocycles. The number of aromatic nitrogens is 1. The summed E-state index contributed by atoms with van der Waals surface area (Å²) in [6, 6.07) is 10.9. The van der Waals surface area contributed by atoms with Crippen molar-refractivity contribution in [3.05, 3.63) is 94.0 Å². The highest BCUT2D eigenvalue weighted by Crippen LogP contribution is 2.44. The van der Waals surface area contributed by atoms with E-state index in [0.29, 0.717) is 5.56 Å². The molecule has 0 bridgehead atoms. The van der Waals surface area contributed by atoms with E-state index in [4.69, 9.17) is 16.3 Å².